The van der Waals surface area contributed by atoms with Crippen LogP contribution in [0.25, 0.3) is 0 Å². The molecule has 0 saturated heterocycles. The molecular formula is C16H20O4. The Morgan fingerprint density at radius 2 is 1.80 bits per heavy atom. The van der Waals surface area contributed by atoms with Gasteiger partial charge in [-0.25, -0.2) is 4.79 Å². The van der Waals surface area contributed by atoms with Gasteiger partial charge in [-0.3, -0.25) is 4.79 Å². The largest absolute Gasteiger partial charge is 0.461 e. The Morgan fingerprint density at radius 3 is 2.40 bits per heavy atom. The van der Waals surface area contributed by atoms with Crippen LogP contribution in [0.4, 0.5) is 0 Å². The Bertz CT molecular complexity index is 469. The first-order chi connectivity index (χ1) is 9.37. The fourth-order valence-electron chi connectivity index (χ4n) is 1.43. The molecule has 0 unspecified atom stereocenters. The second kappa shape index (κ2) is 7.48. The number of carbonyl (C=O) groups is 2. The van der Waals surface area contributed by atoms with Crippen molar-refractivity contribution in [1.29, 1.82) is 0 Å². The van der Waals surface area contributed by atoms with Gasteiger partial charge >= 0.3 is 11.9 Å². The van der Waals surface area contributed by atoms with Gasteiger partial charge in [0.05, 0.1) is 6.42 Å². The number of esters is 2. The molecule has 20 heavy (non-hydrogen) atoms. The third-order valence-electron chi connectivity index (χ3n) is 2.19. The molecule has 0 fully saturated rings. The number of benzene rings is 1. The third-order valence-corrected chi connectivity index (χ3v) is 2.19. The molecule has 1 aromatic carbocycles. The maximum atomic E-state index is 11.5. The molecule has 108 valence electrons. The smallest absolute Gasteiger partial charge is 0.331 e. The van der Waals surface area contributed by atoms with Crippen molar-refractivity contribution in [3.05, 3.63) is 48.0 Å². The Hall–Kier alpha value is -2.10. The van der Waals surface area contributed by atoms with Gasteiger partial charge in [-0.05, 0) is 32.4 Å². The van der Waals surface area contributed by atoms with Gasteiger partial charge in [-0.2, -0.15) is 0 Å². The average molecular weight is 276 g/mol. The van der Waals surface area contributed by atoms with Crippen molar-refractivity contribution in [3.8, 4) is 0 Å². The topological polar surface area (TPSA) is 52.6 Å². The number of hydrogen-bond acceptors (Lipinski definition) is 4. The van der Waals surface area contributed by atoms with E-state index in [9.17, 15) is 9.59 Å². The van der Waals surface area contributed by atoms with E-state index >= 15 is 0 Å². The highest BCUT2D eigenvalue weighted by Gasteiger charge is 2.13. The lowest BCUT2D eigenvalue weighted by Gasteiger charge is -2.17. The molecule has 0 aromatic heterocycles. The van der Waals surface area contributed by atoms with E-state index in [-0.39, 0.29) is 19.0 Å². The highest BCUT2D eigenvalue weighted by atomic mass is 16.6. The van der Waals surface area contributed by atoms with Crippen LogP contribution in [0.2, 0.25) is 0 Å². The van der Waals surface area contributed by atoms with E-state index in [1.807, 2.05) is 30.3 Å². The van der Waals surface area contributed by atoms with E-state index < -0.39 is 11.6 Å². The molecule has 0 atom stereocenters. The minimum absolute atomic E-state index is 0.0604. The molecule has 0 radical (unpaired) electrons. The van der Waals surface area contributed by atoms with Crippen LogP contribution in [0.5, 0.6) is 0 Å². The fraction of sp³-hybridized carbons (Fsp3) is 0.375. The van der Waals surface area contributed by atoms with Crippen molar-refractivity contribution in [2.24, 2.45) is 0 Å². The summed E-state index contributed by atoms with van der Waals surface area (Å²) in [6.07, 6.45) is 2.96. The monoisotopic (exact) mass is 276 g/mol. The summed E-state index contributed by atoms with van der Waals surface area (Å²) in [7, 11) is 0. The summed E-state index contributed by atoms with van der Waals surface area (Å²) in [5.41, 5.74) is 0.374. The first kappa shape index (κ1) is 16.0. The van der Waals surface area contributed by atoms with Crippen LogP contribution in [0.3, 0.4) is 0 Å². The van der Waals surface area contributed by atoms with Crippen molar-refractivity contribution in [2.75, 3.05) is 6.61 Å². The first-order valence-electron chi connectivity index (χ1n) is 6.46. The van der Waals surface area contributed by atoms with Crippen molar-refractivity contribution < 1.29 is 19.1 Å². The molecule has 4 heteroatoms. The van der Waals surface area contributed by atoms with Crippen molar-refractivity contribution in [3.63, 3.8) is 0 Å². The normalized spacial score (nSPS) is 11.3. The molecule has 0 bridgehead atoms. The van der Waals surface area contributed by atoms with Crippen molar-refractivity contribution >= 4 is 11.9 Å². The van der Waals surface area contributed by atoms with Crippen LogP contribution < -0.4 is 0 Å². The summed E-state index contributed by atoms with van der Waals surface area (Å²) in [5, 5.41) is 0. The van der Waals surface area contributed by atoms with E-state index in [0.717, 1.165) is 5.56 Å². The predicted molar refractivity (Wildman–Crippen MR) is 76.1 cm³/mol. The summed E-state index contributed by atoms with van der Waals surface area (Å²) in [5.74, 6) is -0.776. The van der Waals surface area contributed by atoms with Crippen LogP contribution in [0, 0.1) is 0 Å². The van der Waals surface area contributed by atoms with Crippen LogP contribution in [0.1, 0.15) is 26.3 Å². The quantitative estimate of drug-likeness (QED) is 0.613. The van der Waals surface area contributed by atoms with Gasteiger partial charge in [-0.15, -0.1) is 0 Å². The summed E-state index contributed by atoms with van der Waals surface area (Å²) in [6, 6.07) is 9.34. The summed E-state index contributed by atoms with van der Waals surface area (Å²) < 4.78 is 10.1. The van der Waals surface area contributed by atoms with Crippen molar-refractivity contribution in [1.82, 2.24) is 0 Å². The fourth-order valence-corrected chi connectivity index (χ4v) is 1.43. The summed E-state index contributed by atoms with van der Waals surface area (Å²) in [4.78, 5) is 22.9. The molecule has 0 amide bonds. The molecular weight excluding hydrogens is 256 g/mol. The molecule has 0 N–H and O–H groups in total. The van der Waals surface area contributed by atoms with E-state index in [2.05, 4.69) is 0 Å². The van der Waals surface area contributed by atoms with Gasteiger partial charge in [0.1, 0.15) is 12.2 Å². The number of ether oxygens (including phenoxy) is 2. The van der Waals surface area contributed by atoms with Crippen LogP contribution >= 0.6 is 0 Å². The third kappa shape index (κ3) is 7.36. The Morgan fingerprint density at radius 1 is 1.15 bits per heavy atom. The van der Waals surface area contributed by atoms with E-state index in [4.69, 9.17) is 9.47 Å². The summed E-state index contributed by atoms with van der Waals surface area (Å²) >= 11 is 0. The zero-order chi connectivity index (χ0) is 15.0. The molecule has 0 aliphatic heterocycles. The Labute approximate surface area is 119 Å². The minimum Gasteiger partial charge on any atom is -0.461 e. The minimum atomic E-state index is -0.522. The van der Waals surface area contributed by atoms with E-state index in [0.29, 0.717) is 0 Å². The van der Waals surface area contributed by atoms with Crippen LogP contribution in [-0.2, 0) is 25.5 Å². The van der Waals surface area contributed by atoms with Crippen LogP contribution in [-0.4, -0.2) is 24.1 Å². The number of carbonyl (C=O) groups excluding carboxylic acids is 2. The second-order valence-electron chi connectivity index (χ2n) is 5.28. The molecule has 1 rings (SSSR count). The first-order valence-corrected chi connectivity index (χ1v) is 6.46. The lowest BCUT2D eigenvalue weighted by molar-refractivity contribution is -0.149. The molecule has 4 nitrogen and oxygen atoms in total. The summed E-state index contributed by atoms with van der Waals surface area (Å²) in [6.45, 7) is 5.43. The highest BCUT2D eigenvalue weighted by Crippen LogP contribution is 2.07. The maximum Gasteiger partial charge on any atom is 0.331 e. The van der Waals surface area contributed by atoms with Gasteiger partial charge in [0, 0.05) is 6.08 Å². The van der Waals surface area contributed by atoms with Gasteiger partial charge in [0.25, 0.3) is 0 Å². The van der Waals surface area contributed by atoms with Gasteiger partial charge < -0.3 is 9.47 Å². The SMILES string of the molecule is CC(C)(C)OC(=O)/C=C/COC(=O)Cc1ccccc1. The van der Waals surface area contributed by atoms with Crippen molar-refractivity contribution in [2.45, 2.75) is 32.8 Å². The Kier molecular flexibility index (Phi) is 5.97. The van der Waals surface area contributed by atoms with Gasteiger partial charge in [0.15, 0.2) is 0 Å². The molecule has 0 spiro atoms. The molecule has 0 heterocycles. The van der Waals surface area contributed by atoms with Gasteiger partial charge in [-0.1, -0.05) is 30.3 Å². The zero-order valence-electron chi connectivity index (χ0n) is 12.1. The lowest BCUT2D eigenvalue weighted by atomic mass is 10.2. The van der Waals surface area contributed by atoms with E-state index in [1.54, 1.807) is 20.8 Å². The molecule has 0 aliphatic rings. The molecule has 0 saturated carbocycles. The standard InChI is InChI=1S/C16H20O4/c1-16(2,3)20-14(17)10-7-11-19-15(18)12-13-8-5-4-6-9-13/h4-10H,11-12H2,1-3H3/b10-7+. The van der Waals surface area contributed by atoms with Crippen LogP contribution in [0.15, 0.2) is 42.5 Å². The van der Waals surface area contributed by atoms with Gasteiger partial charge in [0.2, 0.25) is 0 Å². The average Bonchev–Trinajstić information content (AvgIpc) is 2.34. The number of hydrogen-bond donors (Lipinski definition) is 0. The maximum absolute atomic E-state index is 11.5. The number of rotatable bonds is 5. The van der Waals surface area contributed by atoms with E-state index in [1.165, 1.54) is 12.2 Å². The molecule has 0 aliphatic carbocycles. The molecule has 1 aromatic rings. The zero-order valence-corrected chi connectivity index (χ0v) is 12.1. The Balaban J connectivity index is 2.27. The lowest BCUT2D eigenvalue weighted by Crippen LogP contribution is -2.22. The highest BCUT2D eigenvalue weighted by molar-refractivity contribution is 5.82. The predicted octanol–water partition coefficient (Wildman–Crippen LogP) is 2.67. The second-order valence-corrected chi connectivity index (χ2v) is 5.28.